The Morgan fingerprint density at radius 1 is 1.35 bits per heavy atom. The van der Waals surface area contributed by atoms with E-state index >= 15 is 0 Å². The summed E-state index contributed by atoms with van der Waals surface area (Å²) in [6, 6.07) is 9.99. The maximum absolute atomic E-state index is 6.08. The van der Waals surface area contributed by atoms with Gasteiger partial charge in [0.1, 0.15) is 6.20 Å². The number of hydrogen-bond acceptors (Lipinski definition) is 4. The van der Waals surface area contributed by atoms with E-state index in [0.717, 1.165) is 17.7 Å². The summed E-state index contributed by atoms with van der Waals surface area (Å²) >= 11 is 0. The number of oxazole rings is 1. The molecule has 1 aromatic heterocycles. The fraction of sp³-hybridized carbons (Fsp3) is 0.312. The van der Waals surface area contributed by atoms with Crippen LogP contribution in [0.5, 0.6) is 0 Å². The van der Waals surface area contributed by atoms with Crippen LogP contribution in [0.4, 0.5) is 5.88 Å². The molecule has 0 saturated carbocycles. The molecular weight excluding hydrogens is 252 g/mol. The summed E-state index contributed by atoms with van der Waals surface area (Å²) in [5, 5.41) is 0. The SMILES string of the molecule is CCC(C)C1OC(c2ccccc2)=[C]N1c1cnco1. The lowest BCUT2D eigenvalue weighted by Crippen LogP contribution is -2.33. The summed E-state index contributed by atoms with van der Waals surface area (Å²) < 4.78 is 11.5. The van der Waals surface area contributed by atoms with Gasteiger partial charge in [0.05, 0.1) is 6.20 Å². The molecule has 2 unspecified atom stereocenters. The van der Waals surface area contributed by atoms with Crippen molar-refractivity contribution in [2.24, 2.45) is 5.92 Å². The van der Waals surface area contributed by atoms with Crippen LogP contribution >= 0.6 is 0 Å². The Kier molecular flexibility index (Phi) is 3.46. The molecule has 0 saturated heterocycles. The van der Waals surface area contributed by atoms with Crippen molar-refractivity contribution < 1.29 is 9.15 Å². The summed E-state index contributed by atoms with van der Waals surface area (Å²) in [5.74, 6) is 1.75. The van der Waals surface area contributed by atoms with Gasteiger partial charge in [-0.2, -0.15) is 0 Å². The lowest BCUT2D eigenvalue weighted by atomic mass is 10.1. The van der Waals surface area contributed by atoms with Crippen LogP contribution < -0.4 is 4.90 Å². The average Bonchev–Trinajstić information content (AvgIpc) is 3.16. The van der Waals surface area contributed by atoms with Crippen LogP contribution in [0.3, 0.4) is 0 Å². The van der Waals surface area contributed by atoms with Crippen LogP contribution in [0.2, 0.25) is 0 Å². The van der Waals surface area contributed by atoms with Crippen molar-refractivity contribution in [1.29, 1.82) is 0 Å². The minimum atomic E-state index is -0.108. The number of ether oxygens (including phenoxy) is 1. The fourth-order valence-electron chi connectivity index (χ4n) is 2.18. The van der Waals surface area contributed by atoms with Gasteiger partial charge >= 0.3 is 0 Å². The van der Waals surface area contributed by atoms with E-state index in [-0.39, 0.29) is 6.23 Å². The lowest BCUT2D eigenvalue weighted by Gasteiger charge is -2.26. The van der Waals surface area contributed by atoms with Crippen LogP contribution in [0, 0.1) is 12.1 Å². The van der Waals surface area contributed by atoms with Crippen LogP contribution in [0.25, 0.3) is 5.76 Å². The molecule has 1 aliphatic heterocycles. The molecule has 3 rings (SSSR count). The number of rotatable bonds is 4. The predicted molar refractivity (Wildman–Crippen MR) is 76.4 cm³/mol. The van der Waals surface area contributed by atoms with Crippen molar-refractivity contribution in [2.75, 3.05) is 4.90 Å². The third-order valence-corrected chi connectivity index (χ3v) is 3.54. The quantitative estimate of drug-likeness (QED) is 0.848. The van der Waals surface area contributed by atoms with Crippen LogP contribution in [0.15, 0.2) is 47.3 Å². The van der Waals surface area contributed by atoms with Gasteiger partial charge in [0.15, 0.2) is 18.4 Å². The molecule has 2 atom stereocenters. The molecule has 1 aliphatic rings. The van der Waals surface area contributed by atoms with Crippen LogP contribution in [-0.2, 0) is 4.74 Å². The van der Waals surface area contributed by atoms with E-state index in [1.54, 1.807) is 6.20 Å². The first-order valence-electron chi connectivity index (χ1n) is 6.83. The first kappa shape index (κ1) is 12.8. The highest BCUT2D eigenvalue weighted by molar-refractivity contribution is 5.63. The smallest absolute Gasteiger partial charge is 0.223 e. The van der Waals surface area contributed by atoms with E-state index in [1.165, 1.54) is 6.39 Å². The van der Waals surface area contributed by atoms with E-state index in [9.17, 15) is 0 Å². The number of hydrogen-bond donors (Lipinski definition) is 0. The summed E-state index contributed by atoms with van der Waals surface area (Å²) in [5.41, 5.74) is 1.02. The summed E-state index contributed by atoms with van der Waals surface area (Å²) in [7, 11) is 0. The highest BCUT2D eigenvalue weighted by atomic mass is 16.5. The number of benzene rings is 1. The second-order valence-electron chi connectivity index (χ2n) is 4.91. The van der Waals surface area contributed by atoms with Crippen molar-refractivity contribution >= 4 is 11.6 Å². The molecule has 4 heteroatoms. The van der Waals surface area contributed by atoms with Crippen molar-refractivity contribution in [3.63, 3.8) is 0 Å². The summed E-state index contributed by atoms with van der Waals surface area (Å²) in [6.45, 7) is 4.30. The van der Waals surface area contributed by atoms with Gasteiger partial charge in [0.2, 0.25) is 5.88 Å². The molecule has 4 nitrogen and oxygen atoms in total. The standard InChI is InChI=1S/C16H17N2O2/c1-3-12(2)16-18(15-9-17-11-19-15)10-14(20-16)13-7-5-4-6-8-13/h4-9,11-12,16H,3H2,1-2H3. The first-order valence-corrected chi connectivity index (χ1v) is 6.83. The molecule has 2 aromatic rings. The monoisotopic (exact) mass is 269 g/mol. The topological polar surface area (TPSA) is 38.5 Å². The van der Waals surface area contributed by atoms with Gasteiger partial charge in [-0.3, -0.25) is 4.90 Å². The third-order valence-electron chi connectivity index (χ3n) is 3.54. The molecule has 0 amide bonds. The first-order chi connectivity index (χ1) is 9.79. The van der Waals surface area contributed by atoms with Gasteiger partial charge in [-0.05, 0) is 6.42 Å². The van der Waals surface area contributed by atoms with Crippen LogP contribution in [-0.4, -0.2) is 11.2 Å². The van der Waals surface area contributed by atoms with E-state index in [0.29, 0.717) is 11.8 Å². The number of nitrogens with zero attached hydrogens (tertiary/aromatic N) is 2. The molecule has 2 heterocycles. The Morgan fingerprint density at radius 3 is 2.80 bits per heavy atom. The normalized spacial score (nSPS) is 19.6. The predicted octanol–water partition coefficient (Wildman–Crippen LogP) is 3.69. The lowest BCUT2D eigenvalue weighted by molar-refractivity contribution is 0.129. The molecule has 0 fully saturated rings. The molecule has 0 spiro atoms. The molecule has 0 N–H and O–H groups in total. The van der Waals surface area contributed by atoms with Gasteiger partial charge in [-0.15, -0.1) is 0 Å². The number of anilines is 1. The zero-order valence-corrected chi connectivity index (χ0v) is 11.6. The van der Waals surface area contributed by atoms with Gasteiger partial charge in [-0.25, -0.2) is 4.98 Å². The Balaban J connectivity index is 1.93. The Bertz CT molecular complexity index is 578. The second kappa shape index (κ2) is 5.41. The van der Waals surface area contributed by atoms with Gasteiger partial charge in [0, 0.05) is 11.5 Å². The average molecular weight is 269 g/mol. The molecule has 103 valence electrons. The van der Waals surface area contributed by atoms with Crippen molar-refractivity contribution in [3.05, 3.63) is 54.7 Å². The highest BCUT2D eigenvalue weighted by Gasteiger charge is 2.33. The van der Waals surface area contributed by atoms with Crippen molar-refractivity contribution in [3.8, 4) is 0 Å². The third kappa shape index (κ3) is 2.29. The molecule has 0 bridgehead atoms. The van der Waals surface area contributed by atoms with E-state index in [4.69, 9.17) is 9.15 Å². The summed E-state index contributed by atoms with van der Waals surface area (Å²) in [4.78, 5) is 5.86. The highest BCUT2D eigenvalue weighted by Crippen LogP contribution is 2.34. The Labute approximate surface area is 118 Å². The molecule has 20 heavy (non-hydrogen) atoms. The Morgan fingerprint density at radius 2 is 2.15 bits per heavy atom. The fourth-order valence-corrected chi connectivity index (χ4v) is 2.18. The summed E-state index contributed by atoms with van der Waals surface area (Å²) in [6.07, 6.45) is 7.28. The van der Waals surface area contributed by atoms with Gasteiger partial charge in [0.25, 0.3) is 0 Å². The van der Waals surface area contributed by atoms with Crippen molar-refractivity contribution in [1.82, 2.24) is 4.98 Å². The minimum absolute atomic E-state index is 0.108. The maximum Gasteiger partial charge on any atom is 0.223 e. The molecule has 0 aliphatic carbocycles. The minimum Gasteiger partial charge on any atom is -0.467 e. The zero-order chi connectivity index (χ0) is 13.9. The Hall–Kier alpha value is -2.23. The number of aromatic nitrogens is 1. The zero-order valence-electron chi connectivity index (χ0n) is 11.6. The van der Waals surface area contributed by atoms with E-state index in [1.807, 2.05) is 35.2 Å². The molecule has 1 aromatic carbocycles. The molecule has 1 radical (unpaired) electrons. The molecular formula is C16H17N2O2. The van der Waals surface area contributed by atoms with Crippen LogP contribution in [0.1, 0.15) is 25.8 Å². The van der Waals surface area contributed by atoms with Gasteiger partial charge in [-0.1, -0.05) is 44.2 Å². The maximum atomic E-state index is 6.08. The van der Waals surface area contributed by atoms with E-state index < -0.39 is 0 Å². The van der Waals surface area contributed by atoms with Gasteiger partial charge < -0.3 is 9.15 Å². The van der Waals surface area contributed by atoms with E-state index in [2.05, 4.69) is 25.0 Å². The van der Waals surface area contributed by atoms with Crippen molar-refractivity contribution in [2.45, 2.75) is 26.5 Å². The largest absolute Gasteiger partial charge is 0.467 e. The second-order valence-corrected chi connectivity index (χ2v) is 4.91.